The molecule has 1 amide bonds. The summed E-state index contributed by atoms with van der Waals surface area (Å²) in [4.78, 5) is 14.3. The Morgan fingerprint density at radius 1 is 1.00 bits per heavy atom. The van der Waals surface area contributed by atoms with Crippen molar-refractivity contribution in [3.8, 4) is 5.75 Å². The Morgan fingerprint density at radius 3 is 2.38 bits per heavy atom. The number of rotatable bonds is 9. The average Bonchev–Trinajstić information content (AvgIpc) is 3.52. The molecule has 0 unspecified atom stereocenters. The molecule has 2 aromatic heterocycles. The number of benzene rings is 2. The summed E-state index contributed by atoms with van der Waals surface area (Å²) in [5, 5.41) is 4.42. The Morgan fingerprint density at radius 2 is 1.71 bits per heavy atom. The zero-order chi connectivity index (χ0) is 24.1. The van der Waals surface area contributed by atoms with Gasteiger partial charge in [-0.25, -0.2) is 0 Å². The van der Waals surface area contributed by atoms with Crippen LogP contribution in [0, 0.1) is 0 Å². The van der Waals surface area contributed by atoms with Crippen LogP contribution in [0.4, 0.5) is 0 Å². The van der Waals surface area contributed by atoms with Crippen molar-refractivity contribution in [2.75, 3.05) is 7.05 Å². The Balaban J connectivity index is 1.34. The predicted octanol–water partition coefficient (Wildman–Crippen LogP) is 5.67. The summed E-state index contributed by atoms with van der Waals surface area (Å²) in [7, 11) is 1.74. The van der Waals surface area contributed by atoms with E-state index in [0.717, 1.165) is 18.0 Å². The first kappa shape index (κ1) is 23.4. The zero-order valence-electron chi connectivity index (χ0n) is 20.2. The van der Waals surface area contributed by atoms with E-state index >= 15 is 0 Å². The van der Waals surface area contributed by atoms with Gasteiger partial charge >= 0.3 is 0 Å². The van der Waals surface area contributed by atoms with E-state index in [1.807, 2.05) is 42.1 Å². The second kappa shape index (κ2) is 10.00. The standard InChI is InChI=1S/C28H31N3O3/c1-5-31-18-17-23(29-31)19-30(4)27(32)26-16-15-25(34-26)20-33-24-13-11-22(12-14-24)28(2,3)21-9-7-6-8-10-21/h6-18H,5,19-20H2,1-4H3. The normalized spacial score (nSPS) is 11.4. The van der Waals surface area contributed by atoms with E-state index in [-0.39, 0.29) is 23.7 Å². The third-order valence-corrected chi connectivity index (χ3v) is 6.09. The Labute approximate surface area is 200 Å². The van der Waals surface area contributed by atoms with Gasteiger partial charge in [-0.15, -0.1) is 0 Å². The van der Waals surface area contributed by atoms with Gasteiger partial charge in [-0.3, -0.25) is 9.48 Å². The van der Waals surface area contributed by atoms with Crippen molar-refractivity contribution in [1.82, 2.24) is 14.7 Å². The third-order valence-electron chi connectivity index (χ3n) is 6.09. The fraction of sp³-hybridized carbons (Fsp3) is 0.286. The number of ether oxygens (including phenoxy) is 1. The SMILES string of the molecule is CCn1ccc(CN(C)C(=O)c2ccc(COc3ccc(C(C)(C)c4ccccc4)cc3)o2)n1. The van der Waals surface area contributed by atoms with Crippen molar-refractivity contribution in [2.24, 2.45) is 0 Å². The van der Waals surface area contributed by atoms with Gasteiger partial charge in [0, 0.05) is 25.2 Å². The lowest BCUT2D eigenvalue weighted by Gasteiger charge is -2.26. The van der Waals surface area contributed by atoms with Crippen molar-refractivity contribution in [1.29, 1.82) is 0 Å². The molecule has 0 spiro atoms. The van der Waals surface area contributed by atoms with Gasteiger partial charge in [0.15, 0.2) is 5.76 Å². The van der Waals surface area contributed by atoms with E-state index in [9.17, 15) is 4.79 Å². The predicted molar refractivity (Wildman–Crippen MR) is 132 cm³/mol. The first-order valence-electron chi connectivity index (χ1n) is 11.5. The van der Waals surface area contributed by atoms with Crippen molar-refractivity contribution >= 4 is 5.91 Å². The molecular formula is C28H31N3O3. The second-order valence-corrected chi connectivity index (χ2v) is 8.89. The molecule has 176 valence electrons. The fourth-order valence-electron chi connectivity index (χ4n) is 3.88. The second-order valence-electron chi connectivity index (χ2n) is 8.89. The lowest BCUT2D eigenvalue weighted by atomic mass is 9.78. The minimum atomic E-state index is -0.190. The molecule has 0 N–H and O–H groups in total. The fourth-order valence-corrected chi connectivity index (χ4v) is 3.88. The highest BCUT2D eigenvalue weighted by molar-refractivity contribution is 5.91. The van der Waals surface area contributed by atoms with Crippen LogP contribution in [0.5, 0.6) is 5.75 Å². The van der Waals surface area contributed by atoms with Gasteiger partial charge in [0.25, 0.3) is 5.91 Å². The van der Waals surface area contributed by atoms with Gasteiger partial charge in [-0.05, 0) is 48.4 Å². The smallest absolute Gasteiger partial charge is 0.289 e. The molecule has 0 aliphatic rings. The molecule has 0 aliphatic carbocycles. The molecule has 4 rings (SSSR count). The van der Waals surface area contributed by atoms with E-state index in [1.165, 1.54) is 11.1 Å². The summed E-state index contributed by atoms with van der Waals surface area (Å²) in [6.45, 7) is 7.92. The molecule has 0 saturated heterocycles. The maximum atomic E-state index is 12.7. The summed E-state index contributed by atoms with van der Waals surface area (Å²) in [5.74, 6) is 1.45. The van der Waals surface area contributed by atoms with Crippen molar-refractivity contribution in [3.05, 3.63) is 107 Å². The van der Waals surface area contributed by atoms with Gasteiger partial charge < -0.3 is 14.1 Å². The maximum absolute atomic E-state index is 12.7. The van der Waals surface area contributed by atoms with Crippen LogP contribution < -0.4 is 4.74 Å². The highest BCUT2D eigenvalue weighted by Gasteiger charge is 2.23. The van der Waals surface area contributed by atoms with Crippen LogP contribution in [0.25, 0.3) is 0 Å². The van der Waals surface area contributed by atoms with E-state index in [2.05, 4.69) is 55.3 Å². The summed E-state index contributed by atoms with van der Waals surface area (Å²) < 4.78 is 13.5. The van der Waals surface area contributed by atoms with Crippen LogP contribution >= 0.6 is 0 Å². The minimum absolute atomic E-state index is 0.100. The van der Waals surface area contributed by atoms with Crippen molar-refractivity contribution < 1.29 is 13.9 Å². The number of aromatic nitrogens is 2. The van der Waals surface area contributed by atoms with Crippen molar-refractivity contribution in [2.45, 2.75) is 45.9 Å². The number of hydrogen-bond acceptors (Lipinski definition) is 4. The first-order chi connectivity index (χ1) is 16.4. The molecule has 2 heterocycles. The van der Waals surface area contributed by atoms with Crippen LogP contribution in [0.1, 0.15) is 53.9 Å². The summed E-state index contributed by atoms with van der Waals surface area (Å²) in [6, 6.07) is 24.0. The largest absolute Gasteiger partial charge is 0.486 e. The molecule has 0 bridgehead atoms. The summed E-state index contributed by atoms with van der Waals surface area (Å²) in [5.41, 5.74) is 3.21. The van der Waals surface area contributed by atoms with Gasteiger partial charge in [-0.2, -0.15) is 5.10 Å². The van der Waals surface area contributed by atoms with E-state index in [0.29, 0.717) is 12.3 Å². The third kappa shape index (κ3) is 5.22. The molecule has 0 aliphatic heterocycles. The quantitative estimate of drug-likeness (QED) is 0.325. The topological polar surface area (TPSA) is 60.5 Å². The monoisotopic (exact) mass is 457 g/mol. The maximum Gasteiger partial charge on any atom is 0.289 e. The Hall–Kier alpha value is -3.80. The first-order valence-corrected chi connectivity index (χ1v) is 11.5. The van der Waals surface area contributed by atoms with Crippen LogP contribution in [-0.4, -0.2) is 27.6 Å². The number of furan rings is 1. The number of nitrogens with zero attached hydrogens (tertiary/aromatic N) is 3. The Kier molecular flexibility index (Phi) is 6.87. The molecule has 0 atom stereocenters. The zero-order valence-corrected chi connectivity index (χ0v) is 20.2. The molecule has 6 nitrogen and oxygen atoms in total. The number of amides is 1. The molecule has 0 saturated carbocycles. The lowest BCUT2D eigenvalue weighted by Crippen LogP contribution is -2.26. The van der Waals surface area contributed by atoms with Crippen LogP contribution in [0.15, 0.2) is 83.4 Å². The molecule has 2 aromatic carbocycles. The van der Waals surface area contributed by atoms with Gasteiger partial charge in [0.2, 0.25) is 0 Å². The number of hydrogen-bond donors (Lipinski definition) is 0. The van der Waals surface area contributed by atoms with E-state index in [4.69, 9.17) is 9.15 Å². The summed E-state index contributed by atoms with van der Waals surface area (Å²) >= 11 is 0. The highest BCUT2D eigenvalue weighted by Crippen LogP contribution is 2.32. The van der Waals surface area contributed by atoms with Gasteiger partial charge in [0.1, 0.15) is 18.1 Å². The summed E-state index contributed by atoms with van der Waals surface area (Å²) in [6.07, 6.45) is 1.91. The lowest BCUT2D eigenvalue weighted by molar-refractivity contribution is 0.0747. The van der Waals surface area contributed by atoms with Crippen LogP contribution in [-0.2, 0) is 25.1 Å². The Bertz CT molecular complexity index is 1220. The number of carbonyl (C=O) groups is 1. The molecule has 0 radical (unpaired) electrons. The van der Waals surface area contributed by atoms with Crippen molar-refractivity contribution in [3.63, 3.8) is 0 Å². The minimum Gasteiger partial charge on any atom is -0.486 e. The molecule has 4 aromatic rings. The molecular weight excluding hydrogens is 426 g/mol. The van der Waals surface area contributed by atoms with E-state index in [1.54, 1.807) is 24.1 Å². The van der Waals surface area contributed by atoms with Gasteiger partial charge in [0.05, 0.1) is 12.2 Å². The molecule has 0 fully saturated rings. The molecule has 6 heteroatoms. The average molecular weight is 458 g/mol. The van der Waals surface area contributed by atoms with Crippen LogP contribution in [0.3, 0.4) is 0 Å². The van der Waals surface area contributed by atoms with Gasteiger partial charge in [-0.1, -0.05) is 56.3 Å². The highest BCUT2D eigenvalue weighted by atomic mass is 16.5. The molecule has 34 heavy (non-hydrogen) atoms. The van der Waals surface area contributed by atoms with E-state index < -0.39 is 0 Å². The number of aryl methyl sites for hydroxylation is 1. The van der Waals surface area contributed by atoms with Crippen LogP contribution in [0.2, 0.25) is 0 Å². The number of carbonyl (C=O) groups excluding carboxylic acids is 1.